The van der Waals surface area contributed by atoms with Crippen LogP contribution in [0.1, 0.15) is 53.8 Å². The van der Waals surface area contributed by atoms with Crippen LogP contribution >= 0.6 is 0 Å². The average molecular weight is 343 g/mol. The van der Waals surface area contributed by atoms with E-state index in [1.54, 1.807) is 11.8 Å². The van der Waals surface area contributed by atoms with Gasteiger partial charge in [0.15, 0.2) is 11.5 Å². The lowest BCUT2D eigenvalue weighted by Crippen LogP contribution is -2.25. The topological polar surface area (TPSA) is 65.4 Å². The number of rotatable bonds is 8. The van der Waals surface area contributed by atoms with Crippen LogP contribution in [-0.4, -0.2) is 29.4 Å². The molecule has 1 saturated carbocycles. The third kappa shape index (κ3) is 3.95. The predicted octanol–water partition coefficient (Wildman–Crippen LogP) is 3.02. The number of ether oxygens (including phenoxy) is 2. The minimum Gasteiger partial charge on any atom is -0.493 e. The van der Waals surface area contributed by atoms with Gasteiger partial charge in [-0.3, -0.25) is 9.48 Å². The molecule has 1 N–H and O–H groups in total. The highest BCUT2D eigenvalue weighted by Gasteiger charge is 2.28. The maximum Gasteiger partial charge on any atom is 0.269 e. The van der Waals surface area contributed by atoms with Gasteiger partial charge in [-0.25, -0.2) is 0 Å². The normalized spacial score (nSPS) is 13.6. The maximum absolute atomic E-state index is 12.5. The smallest absolute Gasteiger partial charge is 0.269 e. The van der Waals surface area contributed by atoms with Crippen LogP contribution in [-0.2, 0) is 13.6 Å². The summed E-state index contributed by atoms with van der Waals surface area (Å²) >= 11 is 0. The van der Waals surface area contributed by atoms with Crippen molar-refractivity contribution in [3.63, 3.8) is 0 Å². The number of carbonyl (C=O) groups is 1. The molecule has 0 unspecified atom stereocenters. The first kappa shape index (κ1) is 17.3. The first-order valence-corrected chi connectivity index (χ1v) is 8.74. The van der Waals surface area contributed by atoms with Gasteiger partial charge >= 0.3 is 0 Å². The van der Waals surface area contributed by atoms with Gasteiger partial charge in [-0.05, 0) is 31.4 Å². The molecule has 0 atom stereocenters. The van der Waals surface area contributed by atoms with Crippen molar-refractivity contribution in [2.24, 2.45) is 7.05 Å². The monoisotopic (exact) mass is 343 g/mol. The Morgan fingerprint density at radius 1 is 1.40 bits per heavy atom. The molecule has 1 fully saturated rings. The summed E-state index contributed by atoms with van der Waals surface area (Å²) in [5, 5.41) is 7.41. The van der Waals surface area contributed by atoms with Crippen molar-refractivity contribution in [1.82, 2.24) is 15.1 Å². The van der Waals surface area contributed by atoms with E-state index >= 15 is 0 Å². The first-order chi connectivity index (χ1) is 12.1. The summed E-state index contributed by atoms with van der Waals surface area (Å²) in [5.41, 5.74) is 2.49. The summed E-state index contributed by atoms with van der Waals surface area (Å²) in [6, 6.07) is 7.59. The zero-order chi connectivity index (χ0) is 17.8. The van der Waals surface area contributed by atoms with E-state index < -0.39 is 0 Å². The highest BCUT2D eigenvalue weighted by molar-refractivity contribution is 5.92. The Balaban J connectivity index is 1.71. The van der Waals surface area contributed by atoms with Crippen LogP contribution in [0.25, 0.3) is 0 Å². The Hall–Kier alpha value is -2.50. The Morgan fingerprint density at radius 3 is 2.88 bits per heavy atom. The number of carbonyl (C=O) groups excluding carboxylic acids is 1. The number of methoxy groups -OCH3 is 1. The number of nitrogens with zero attached hydrogens (tertiary/aromatic N) is 2. The molecule has 1 aromatic carbocycles. The van der Waals surface area contributed by atoms with Crippen molar-refractivity contribution in [3.05, 3.63) is 41.2 Å². The van der Waals surface area contributed by atoms with Gasteiger partial charge in [0.2, 0.25) is 0 Å². The molecule has 0 spiro atoms. The zero-order valence-electron chi connectivity index (χ0n) is 15.0. The van der Waals surface area contributed by atoms with Crippen LogP contribution in [0, 0.1) is 0 Å². The molecular formula is C19H25N3O3. The fraction of sp³-hybridized carbons (Fsp3) is 0.474. The van der Waals surface area contributed by atoms with Gasteiger partial charge in [0, 0.05) is 25.1 Å². The van der Waals surface area contributed by atoms with Crippen LogP contribution in [0.5, 0.6) is 11.5 Å². The number of benzene rings is 1. The molecule has 25 heavy (non-hydrogen) atoms. The van der Waals surface area contributed by atoms with E-state index in [4.69, 9.17) is 9.47 Å². The number of aromatic nitrogens is 2. The molecular weight excluding hydrogens is 318 g/mol. The van der Waals surface area contributed by atoms with E-state index in [0.29, 0.717) is 36.3 Å². The minimum atomic E-state index is -0.133. The van der Waals surface area contributed by atoms with E-state index in [1.165, 1.54) is 12.8 Å². The van der Waals surface area contributed by atoms with Crippen molar-refractivity contribution in [3.8, 4) is 11.5 Å². The van der Waals surface area contributed by atoms with Gasteiger partial charge in [0.05, 0.1) is 19.4 Å². The SMILES string of the molecule is CCCOc1c(CNC(=O)c2cc(C3CC3)nn2C)cccc1OC. The lowest BCUT2D eigenvalue weighted by Gasteiger charge is -2.15. The number of amides is 1. The van der Waals surface area contributed by atoms with Crippen LogP contribution in [0.3, 0.4) is 0 Å². The molecule has 1 aromatic heterocycles. The average Bonchev–Trinajstić information content (AvgIpc) is 3.40. The van der Waals surface area contributed by atoms with Crippen LogP contribution in [0.2, 0.25) is 0 Å². The number of hydrogen-bond donors (Lipinski definition) is 1. The lowest BCUT2D eigenvalue weighted by atomic mass is 10.1. The quantitative estimate of drug-likeness (QED) is 0.800. The third-order valence-electron chi connectivity index (χ3n) is 4.30. The summed E-state index contributed by atoms with van der Waals surface area (Å²) in [5.74, 6) is 1.76. The Kier molecular flexibility index (Phi) is 5.26. The van der Waals surface area contributed by atoms with Crippen LogP contribution < -0.4 is 14.8 Å². The van der Waals surface area contributed by atoms with E-state index in [9.17, 15) is 4.79 Å². The zero-order valence-corrected chi connectivity index (χ0v) is 15.0. The summed E-state index contributed by atoms with van der Waals surface area (Å²) in [6.07, 6.45) is 3.24. The number of para-hydroxylation sites is 1. The van der Waals surface area contributed by atoms with E-state index in [-0.39, 0.29) is 5.91 Å². The highest BCUT2D eigenvalue weighted by Crippen LogP contribution is 2.39. The van der Waals surface area contributed by atoms with Crippen molar-refractivity contribution in [1.29, 1.82) is 0 Å². The summed E-state index contributed by atoms with van der Waals surface area (Å²) in [6.45, 7) is 3.03. The molecule has 1 heterocycles. The van der Waals surface area contributed by atoms with Crippen molar-refractivity contribution in [2.75, 3.05) is 13.7 Å². The van der Waals surface area contributed by atoms with Crippen LogP contribution in [0.4, 0.5) is 0 Å². The molecule has 0 saturated heterocycles. The molecule has 6 nitrogen and oxygen atoms in total. The predicted molar refractivity (Wildman–Crippen MR) is 95.1 cm³/mol. The second kappa shape index (κ2) is 7.59. The molecule has 134 valence electrons. The molecule has 3 rings (SSSR count). The number of aryl methyl sites for hydroxylation is 1. The molecule has 1 aliphatic rings. The highest BCUT2D eigenvalue weighted by atomic mass is 16.5. The van der Waals surface area contributed by atoms with Crippen molar-refractivity contribution >= 4 is 5.91 Å². The van der Waals surface area contributed by atoms with Gasteiger partial charge in [0.25, 0.3) is 5.91 Å². The molecule has 1 amide bonds. The fourth-order valence-corrected chi connectivity index (χ4v) is 2.78. The van der Waals surface area contributed by atoms with E-state index in [2.05, 4.69) is 17.3 Å². The third-order valence-corrected chi connectivity index (χ3v) is 4.30. The van der Waals surface area contributed by atoms with Gasteiger partial charge in [-0.1, -0.05) is 19.1 Å². The molecule has 6 heteroatoms. The fourth-order valence-electron chi connectivity index (χ4n) is 2.78. The molecule has 0 aliphatic heterocycles. The van der Waals surface area contributed by atoms with Gasteiger partial charge in [-0.2, -0.15) is 5.10 Å². The standard InChI is InChI=1S/C19H25N3O3/c1-4-10-25-18-14(6-5-7-17(18)24-3)12-20-19(23)16-11-15(13-8-9-13)21-22(16)2/h5-7,11,13H,4,8-10,12H2,1-3H3,(H,20,23). The van der Waals surface area contributed by atoms with Crippen LogP contribution in [0.15, 0.2) is 24.3 Å². The van der Waals surface area contributed by atoms with E-state index in [0.717, 1.165) is 17.7 Å². The van der Waals surface area contributed by atoms with Crippen molar-refractivity contribution in [2.45, 2.75) is 38.6 Å². The summed E-state index contributed by atoms with van der Waals surface area (Å²) < 4.78 is 12.9. The Morgan fingerprint density at radius 2 is 2.20 bits per heavy atom. The summed E-state index contributed by atoms with van der Waals surface area (Å²) in [7, 11) is 3.42. The molecule has 0 radical (unpaired) electrons. The molecule has 1 aliphatic carbocycles. The second-order valence-electron chi connectivity index (χ2n) is 6.33. The number of hydrogen-bond acceptors (Lipinski definition) is 4. The first-order valence-electron chi connectivity index (χ1n) is 8.74. The molecule has 0 bridgehead atoms. The number of nitrogens with one attached hydrogen (secondary N) is 1. The Bertz CT molecular complexity index is 750. The molecule has 2 aromatic rings. The summed E-state index contributed by atoms with van der Waals surface area (Å²) in [4.78, 5) is 12.5. The van der Waals surface area contributed by atoms with Gasteiger partial charge in [0.1, 0.15) is 5.69 Å². The Labute approximate surface area is 148 Å². The van der Waals surface area contributed by atoms with Gasteiger partial charge in [-0.15, -0.1) is 0 Å². The minimum absolute atomic E-state index is 0.133. The van der Waals surface area contributed by atoms with Crippen molar-refractivity contribution < 1.29 is 14.3 Å². The second-order valence-corrected chi connectivity index (χ2v) is 6.33. The van der Waals surface area contributed by atoms with E-state index in [1.807, 2.05) is 31.3 Å². The lowest BCUT2D eigenvalue weighted by molar-refractivity contribution is 0.0941. The maximum atomic E-state index is 12.5. The largest absolute Gasteiger partial charge is 0.493 e. The van der Waals surface area contributed by atoms with Gasteiger partial charge < -0.3 is 14.8 Å².